The zero-order valence-electron chi connectivity index (χ0n) is 21.2. The van der Waals surface area contributed by atoms with Crippen molar-refractivity contribution in [2.45, 2.75) is 58.7 Å². The summed E-state index contributed by atoms with van der Waals surface area (Å²) in [4.78, 5) is 28.8. The van der Waals surface area contributed by atoms with Gasteiger partial charge in [-0.3, -0.25) is 9.59 Å². The fourth-order valence-electron chi connectivity index (χ4n) is 3.83. The van der Waals surface area contributed by atoms with Crippen LogP contribution >= 0.6 is 15.9 Å². The highest BCUT2D eigenvalue weighted by Crippen LogP contribution is 2.18. The molecule has 6 heteroatoms. The summed E-state index contributed by atoms with van der Waals surface area (Å²) >= 11 is 3.47. The van der Waals surface area contributed by atoms with Gasteiger partial charge in [0, 0.05) is 23.5 Å². The topological polar surface area (TPSA) is 58.6 Å². The van der Waals surface area contributed by atoms with Gasteiger partial charge in [0.1, 0.15) is 11.8 Å². The largest absolute Gasteiger partial charge is 0.484 e. The Bertz CT molecular complexity index is 1100. The fourth-order valence-corrected chi connectivity index (χ4v) is 4.10. The van der Waals surface area contributed by atoms with Crippen LogP contribution in [0.15, 0.2) is 83.3 Å². The molecule has 0 bridgehead atoms. The summed E-state index contributed by atoms with van der Waals surface area (Å²) in [5.74, 6) is 0.233. The van der Waals surface area contributed by atoms with Gasteiger partial charge in [0.25, 0.3) is 5.91 Å². The molecule has 1 N–H and O–H groups in total. The van der Waals surface area contributed by atoms with Crippen molar-refractivity contribution in [1.29, 1.82) is 0 Å². The number of halogens is 1. The van der Waals surface area contributed by atoms with E-state index in [0.717, 1.165) is 28.4 Å². The fraction of sp³-hybridized carbons (Fsp3) is 0.333. The van der Waals surface area contributed by atoms with Crippen molar-refractivity contribution in [3.05, 3.63) is 100 Å². The molecule has 0 aromatic heterocycles. The number of benzene rings is 3. The van der Waals surface area contributed by atoms with Gasteiger partial charge in [-0.15, -0.1) is 0 Å². The zero-order chi connectivity index (χ0) is 25.9. The number of amides is 2. The van der Waals surface area contributed by atoms with Crippen LogP contribution in [-0.4, -0.2) is 35.4 Å². The number of nitrogens with one attached hydrogen (secondary N) is 1. The van der Waals surface area contributed by atoms with E-state index in [2.05, 4.69) is 28.2 Å². The van der Waals surface area contributed by atoms with E-state index in [1.54, 1.807) is 4.90 Å². The van der Waals surface area contributed by atoms with Gasteiger partial charge in [0.15, 0.2) is 6.61 Å². The van der Waals surface area contributed by atoms with Gasteiger partial charge in [-0.2, -0.15) is 0 Å². The SMILES string of the molecule is CCc1ccc(OCC(=O)N(Cc2ccc(Br)cc2)[C@@H](Cc2ccccc2)C(=O)N[C@@H](C)CC)cc1. The molecule has 0 aliphatic rings. The summed E-state index contributed by atoms with van der Waals surface area (Å²) in [6.07, 6.45) is 2.16. The highest BCUT2D eigenvalue weighted by molar-refractivity contribution is 9.10. The molecule has 0 fully saturated rings. The van der Waals surface area contributed by atoms with E-state index in [4.69, 9.17) is 4.74 Å². The van der Waals surface area contributed by atoms with Gasteiger partial charge in [-0.05, 0) is 60.7 Å². The predicted octanol–water partition coefficient (Wildman–Crippen LogP) is 5.95. The van der Waals surface area contributed by atoms with E-state index >= 15 is 0 Å². The predicted molar refractivity (Wildman–Crippen MR) is 148 cm³/mol. The molecule has 36 heavy (non-hydrogen) atoms. The summed E-state index contributed by atoms with van der Waals surface area (Å²) < 4.78 is 6.81. The lowest BCUT2D eigenvalue weighted by Gasteiger charge is -2.32. The molecule has 0 unspecified atom stereocenters. The smallest absolute Gasteiger partial charge is 0.261 e. The average Bonchev–Trinajstić information content (AvgIpc) is 2.91. The first-order valence-corrected chi connectivity index (χ1v) is 13.3. The normalized spacial score (nSPS) is 12.4. The Morgan fingerprint density at radius 2 is 1.53 bits per heavy atom. The van der Waals surface area contributed by atoms with Crippen LogP contribution in [0.4, 0.5) is 0 Å². The Balaban J connectivity index is 1.88. The van der Waals surface area contributed by atoms with Crippen molar-refractivity contribution in [2.24, 2.45) is 0 Å². The Morgan fingerprint density at radius 1 is 0.889 bits per heavy atom. The average molecular weight is 552 g/mol. The summed E-state index contributed by atoms with van der Waals surface area (Å²) in [5.41, 5.74) is 3.13. The minimum atomic E-state index is -0.677. The van der Waals surface area contributed by atoms with Crippen molar-refractivity contribution < 1.29 is 14.3 Å². The third kappa shape index (κ3) is 8.23. The van der Waals surface area contributed by atoms with E-state index in [1.807, 2.05) is 92.7 Å². The Labute approximate surface area is 223 Å². The number of hydrogen-bond donors (Lipinski definition) is 1. The molecule has 0 aliphatic carbocycles. The number of carbonyl (C=O) groups excluding carboxylic acids is 2. The first kappa shape index (κ1) is 27.5. The van der Waals surface area contributed by atoms with Crippen LogP contribution in [0.2, 0.25) is 0 Å². The molecule has 2 amide bonds. The second kappa shape index (κ2) is 13.8. The van der Waals surface area contributed by atoms with Crippen molar-refractivity contribution in [3.63, 3.8) is 0 Å². The molecule has 0 saturated carbocycles. The highest BCUT2D eigenvalue weighted by atomic mass is 79.9. The monoisotopic (exact) mass is 550 g/mol. The molecule has 0 aliphatic heterocycles. The highest BCUT2D eigenvalue weighted by Gasteiger charge is 2.31. The molecule has 3 aromatic rings. The van der Waals surface area contributed by atoms with Gasteiger partial charge in [-0.25, -0.2) is 0 Å². The Kier molecular flexibility index (Phi) is 10.6. The van der Waals surface area contributed by atoms with E-state index in [0.29, 0.717) is 18.7 Å². The van der Waals surface area contributed by atoms with Crippen LogP contribution in [0, 0.1) is 0 Å². The van der Waals surface area contributed by atoms with E-state index < -0.39 is 6.04 Å². The van der Waals surface area contributed by atoms with E-state index in [9.17, 15) is 9.59 Å². The van der Waals surface area contributed by atoms with Gasteiger partial charge < -0.3 is 15.0 Å². The van der Waals surface area contributed by atoms with E-state index in [1.165, 1.54) is 5.56 Å². The van der Waals surface area contributed by atoms with Crippen molar-refractivity contribution >= 4 is 27.7 Å². The Hall–Kier alpha value is -3.12. The van der Waals surface area contributed by atoms with Gasteiger partial charge >= 0.3 is 0 Å². The molecule has 2 atom stereocenters. The van der Waals surface area contributed by atoms with Crippen molar-refractivity contribution in [2.75, 3.05) is 6.61 Å². The molecule has 5 nitrogen and oxygen atoms in total. The minimum Gasteiger partial charge on any atom is -0.484 e. The van der Waals surface area contributed by atoms with Gasteiger partial charge in [0.2, 0.25) is 5.91 Å². The molecule has 190 valence electrons. The molecule has 0 spiro atoms. The quantitative estimate of drug-likeness (QED) is 0.303. The molecule has 3 rings (SSSR count). The molecular formula is C30H35BrN2O3. The number of carbonyl (C=O) groups is 2. The number of aryl methyl sites for hydroxylation is 1. The van der Waals surface area contributed by atoms with E-state index in [-0.39, 0.29) is 24.5 Å². The zero-order valence-corrected chi connectivity index (χ0v) is 22.8. The van der Waals surface area contributed by atoms with Crippen LogP contribution in [0.3, 0.4) is 0 Å². The number of rotatable bonds is 12. The molecule has 3 aromatic carbocycles. The minimum absolute atomic E-state index is 0.00809. The first-order valence-electron chi connectivity index (χ1n) is 12.5. The van der Waals surface area contributed by atoms with Crippen LogP contribution in [0.25, 0.3) is 0 Å². The lowest BCUT2D eigenvalue weighted by atomic mass is 10.0. The molecule has 0 heterocycles. The molecule has 0 radical (unpaired) electrons. The maximum Gasteiger partial charge on any atom is 0.261 e. The van der Waals surface area contributed by atoms with Gasteiger partial charge in [0.05, 0.1) is 0 Å². The lowest BCUT2D eigenvalue weighted by Crippen LogP contribution is -2.53. The van der Waals surface area contributed by atoms with Gasteiger partial charge in [-0.1, -0.05) is 84.4 Å². The standard InChI is InChI=1S/C30H35BrN2O3/c1-4-22(3)32-30(35)28(19-24-9-7-6-8-10-24)33(20-25-11-15-26(31)16-12-25)29(34)21-36-27-17-13-23(5-2)14-18-27/h6-18,22,28H,4-5,19-21H2,1-3H3,(H,32,35)/t22-,28-/m0/s1. The number of hydrogen-bond acceptors (Lipinski definition) is 3. The first-order chi connectivity index (χ1) is 17.4. The molecular weight excluding hydrogens is 516 g/mol. The van der Waals surface area contributed by atoms with Crippen LogP contribution in [0.5, 0.6) is 5.75 Å². The Morgan fingerprint density at radius 3 is 2.14 bits per heavy atom. The lowest BCUT2D eigenvalue weighted by molar-refractivity contribution is -0.143. The van der Waals surface area contributed by atoms with Crippen molar-refractivity contribution in [1.82, 2.24) is 10.2 Å². The third-order valence-electron chi connectivity index (χ3n) is 6.23. The molecule has 0 saturated heterocycles. The van der Waals surface area contributed by atoms with Crippen molar-refractivity contribution in [3.8, 4) is 5.75 Å². The maximum absolute atomic E-state index is 13.6. The second-order valence-corrected chi connectivity index (χ2v) is 9.87. The van der Waals surface area contributed by atoms with Crippen LogP contribution < -0.4 is 10.1 Å². The second-order valence-electron chi connectivity index (χ2n) is 8.96. The summed E-state index contributed by atoms with van der Waals surface area (Å²) in [6, 6.07) is 24.7. The third-order valence-corrected chi connectivity index (χ3v) is 6.76. The number of nitrogens with zero attached hydrogens (tertiary/aromatic N) is 1. The summed E-state index contributed by atoms with van der Waals surface area (Å²) in [5, 5.41) is 3.09. The maximum atomic E-state index is 13.6. The van der Waals surface area contributed by atoms with Crippen LogP contribution in [0.1, 0.15) is 43.9 Å². The summed E-state index contributed by atoms with van der Waals surface area (Å²) in [7, 11) is 0. The summed E-state index contributed by atoms with van der Waals surface area (Å²) in [6.45, 7) is 6.25. The number of ether oxygens (including phenoxy) is 1. The van der Waals surface area contributed by atoms with Crippen LogP contribution in [-0.2, 0) is 29.0 Å².